The molecule has 2 amide bonds. The maximum Gasteiger partial charge on any atom is 0.379 e. The molecule has 3 rings (SSSR count). The summed E-state index contributed by atoms with van der Waals surface area (Å²) in [5.74, 6) is 7.46. The SMILES string of the molecule is CN1C(=O)Nc2cc(CCl)ccc2C1C#CC1CC1.FC(F)F. The van der Waals surface area contributed by atoms with E-state index in [0.717, 1.165) is 16.8 Å². The predicted octanol–water partition coefficient (Wildman–Crippen LogP) is 4.54. The molecule has 1 aliphatic heterocycles. The van der Waals surface area contributed by atoms with Crippen LogP contribution in [-0.4, -0.2) is 24.7 Å². The number of nitrogens with zero attached hydrogens (tertiary/aromatic N) is 1. The van der Waals surface area contributed by atoms with Crippen molar-refractivity contribution in [2.45, 2.75) is 31.4 Å². The first-order chi connectivity index (χ1) is 10.9. The molecule has 3 nitrogen and oxygen atoms in total. The van der Waals surface area contributed by atoms with Crippen LogP contribution in [0.15, 0.2) is 18.2 Å². The van der Waals surface area contributed by atoms with Crippen LogP contribution in [0.25, 0.3) is 0 Å². The molecular weight excluding hydrogens is 329 g/mol. The summed E-state index contributed by atoms with van der Waals surface area (Å²) in [7, 11) is 1.78. The summed E-state index contributed by atoms with van der Waals surface area (Å²) in [6.45, 7) is -3.67. The zero-order valence-electron chi connectivity index (χ0n) is 12.5. The number of amides is 2. The highest BCUT2D eigenvalue weighted by Gasteiger charge is 2.29. The van der Waals surface area contributed by atoms with E-state index in [4.69, 9.17) is 11.6 Å². The molecule has 1 unspecified atom stereocenters. The molecule has 1 fully saturated rings. The number of alkyl halides is 4. The van der Waals surface area contributed by atoms with Crippen molar-refractivity contribution in [3.05, 3.63) is 29.3 Å². The molecule has 0 radical (unpaired) electrons. The van der Waals surface area contributed by atoms with Crippen LogP contribution < -0.4 is 5.32 Å². The van der Waals surface area contributed by atoms with Gasteiger partial charge in [-0.2, -0.15) is 13.2 Å². The molecule has 0 spiro atoms. The van der Waals surface area contributed by atoms with E-state index in [0.29, 0.717) is 11.8 Å². The Hall–Kier alpha value is -1.87. The number of anilines is 1. The lowest BCUT2D eigenvalue weighted by Crippen LogP contribution is -2.39. The zero-order valence-corrected chi connectivity index (χ0v) is 13.2. The van der Waals surface area contributed by atoms with Gasteiger partial charge in [-0.3, -0.25) is 0 Å². The third kappa shape index (κ3) is 4.80. The number of benzene rings is 1. The van der Waals surface area contributed by atoms with Crippen molar-refractivity contribution < 1.29 is 18.0 Å². The Morgan fingerprint density at radius 2 is 2.00 bits per heavy atom. The summed E-state index contributed by atoms with van der Waals surface area (Å²) < 4.78 is 29.0. The van der Waals surface area contributed by atoms with Gasteiger partial charge in [0.1, 0.15) is 6.04 Å². The van der Waals surface area contributed by atoms with Crippen molar-refractivity contribution in [2.24, 2.45) is 5.92 Å². The lowest BCUT2D eigenvalue weighted by molar-refractivity contribution is 0.00819. The minimum atomic E-state index is -3.67. The Balaban J connectivity index is 0.000000433. The molecule has 0 saturated heterocycles. The number of fused-ring (bicyclic) bond motifs is 1. The fourth-order valence-corrected chi connectivity index (χ4v) is 2.33. The van der Waals surface area contributed by atoms with E-state index in [1.54, 1.807) is 11.9 Å². The van der Waals surface area contributed by atoms with Gasteiger partial charge in [-0.05, 0) is 24.5 Å². The van der Waals surface area contributed by atoms with E-state index >= 15 is 0 Å². The molecule has 1 atom stereocenters. The maximum atomic E-state index is 11.9. The standard InChI is InChI=1S/C15H15ClN2O.CHF3/c1-18-14(7-5-10-2-3-10)12-6-4-11(9-16)8-13(12)17-15(18)19;2-1(3)4/h4,6,8,10,14H,2-3,9H2,1H3,(H,17,19);1H. The number of halogens is 4. The molecule has 1 saturated carbocycles. The van der Waals surface area contributed by atoms with Crippen LogP contribution in [0.5, 0.6) is 0 Å². The number of urea groups is 1. The summed E-state index contributed by atoms with van der Waals surface area (Å²) in [6.07, 6.45) is 2.38. The summed E-state index contributed by atoms with van der Waals surface area (Å²) in [4.78, 5) is 13.6. The second-order valence-electron chi connectivity index (χ2n) is 5.31. The molecule has 1 aromatic rings. The smallest absolute Gasteiger partial charge is 0.310 e. The van der Waals surface area contributed by atoms with Gasteiger partial charge in [-0.25, -0.2) is 4.79 Å². The molecule has 1 aromatic carbocycles. The maximum absolute atomic E-state index is 11.9. The molecule has 1 heterocycles. The van der Waals surface area contributed by atoms with Crippen LogP contribution in [-0.2, 0) is 5.88 Å². The quantitative estimate of drug-likeness (QED) is 0.589. The van der Waals surface area contributed by atoms with Gasteiger partial charge in [-0.1, -0.05) is 24.0 Å². The molecule has 0 aromatic heterocycles. The molecule has 7 heteroatoms. The predicted molar refractivity (Wildman–Crippen MR) is 83.1 cm³/mol. The monoisotopic (exact) mass is 344 g/mol. The van der Waals surface area contributed by atoms with E-state index in [2.05, 4.69) is 17.2 Å². The Kier molecular flexibility index (Phi) is 5.78. The van der Waals surface area contributed by atoms with Crippen molar-refractivity contribution >= 4 is 23.3 Å². The normalized spacial score (nSPS) is 19.1. The third-order valence-corrected chi connectivity index (χ3v) is 3.83. The van der Waals surface area contributed by atoms with Crippen LogP contribution in [0.4, 0.5) is 23.7 Å². The lowest BCUT2D eigenvalue weighted by Gasteiger charge is -2.31. The molecule has 1 aliphatic carbocycles. The van der Waals surface area contributed by atoms with E-state index in [9.17, 15) is 18.0 Å². The lowest BCUT2D eigenvalue weighted by atomic mass is 9.99. The number of hydrogen-bond donors (Lipinski definition) is 1. The minimum absolute atomic E-state index is 0.116. The summed E-state index contributed by atoms with van der Waals surface area (Å²) >= 11 is 5.83. The largest absolute Gasteiger partial charge is 0.379 e. The van der Waals surface area contributed by atoms with Crippen LogP contribution in [0.3, 0.4) is 0 Å². The highest BCUT2D eigenvalue weighted by atomic mass is 35.5. The first-order valence-corrected chi connectivity index (χ1v) is 7.61. The topological polar surface area (TPSA) is 32.3 Å². The van der Waals surface area contributed by atoms with E-state index in [1.807, 2.05) is 18.2 Å². The molecule has 124 valence electrons. The minimum Gasteiger partial charge on any atom is -0.310 e. The second-order valence-corrected chi connectivity index (χ2v) is 5.58. The molecule has 0 bridgehead atoms. The van der Waals surface area contributed by atoms with Gasteiger partial charge in [0.2, 0.25) is 0 Å². The zero-order chi connectivity index (χ0) is 17.0. The molecule has 1 N–H and O–H groups in total. The van der Waals surface area contributed by atoms with Crippen molar-refractivity contribution in [2.75, 3.05) is 12.4 Å². The van der Waals surface area contributed by atoms with Gasteiger partial charge in [0.15, 0.2) is 0 Å². The van der Waals surface area contributed by atoms with E-state index in [1.165, 1.54) is 12.8 Å². The van der Waals surface area contributed by atoms with Gasteiger partial charge < -0.3 is 10.2 Å². The molecular formula is C16H16ClF3N2O. The first-order valence-electron chi connectivity index (χ1n) is 7.08. The Labute approximate surface area is 137 Å². The van der Waals surface area contributed by atoms with Crippen LogP contribution in [0.1, 0.15) is 30.0 Å². The number of hydrogen-bond acceptors (Lipinski definition) is 1. The van der Waals surface area contributed by atoms with Crippen molar-refractivity contribution in [1.29, 1.82) is 0 Å². The summed E-state index contributed by atoms with van der Waals surface area (Å²) in [5, 5.41) is 2.88. The number of nitrogens with one attached hydrogen (secondary N) is 1. The van der Waals surface area contributed by atoms with Gasteiger partial charge >= 0.3 is 12.7 Å². The van der Waals surface area contributed by atoms with Gasteiger partial charge in [0.25, 0.3) is 0 Å². The number of rotatable bonds is 1. The van der Waals surface area contributed by atoms with Gasteiger partial charge in [0, 0.05) is 30.1 Å². The Morgan fingerprint density at radius 1 is 1.35 bits per heavy atom. The summed E-state index contributed by atoms with van der Waals surface area (Å²) in [6, 6.07) is 5.65. The van der Waals surface area contributed by atoms with Crippen LogP contribution in [0.2, 0.25) is 0 Å². The Bertz CT molecular complexity index is 635. The fourth-order valence-electron chi connectivity index (χ4n) is 2.16. The van der Waals surface area contributed by atoms with Gasteiger partial charge in [-0.15, -0.1) is 11.6 Å². The fraction of sp³-hybridized carbons (Fsp3) is 0.438. The Morgan fingerprint density at radius 3 is 2.57 bits per heavy atom. The number of carbonyl (C=O) groups is 1. The van der Waals surface area contributed by atoms with Gasteiger partial charge in [0.05, 0.1) is 0 Å². The van der Waals surface area contributed by atoms with Crippen molar-refractivity contribution in [3.63, 3.8) is 0 Å². The molecule has 2 aliphatic rings. The van der Waals surface area contributed by atoms with Crippen LogP contribution in [0, 0.1) is 17.8 Å². The van der Waals surface area contributed by atoms with Crippen molar-refractivity contribution in [3.8, 4) is 11.8 Å². The highest BCUT2D eigenvalue weighted by Crippen LogP contribution is 2.34. The molecule has 23 heavy (non-hydrogen) atoms. The summed E-state index contributed by atoms with van der Waals surface area (Å²) in [5.41, 5.74) is 2.87. The number of carbonyl (C=O) groups excluding carboxylic acids is 1. The van der Waals surface area contributed by atoms with Crippen LogP contribution >= 0.6 is 11.6 Å². The average molecular weight is 345 g/mol. The van der Waals surface area contributed by atoms with E-state index in [-0.39, 0.29) is 12.1 Å². The second kappa shape index (κ2) is 7.60. The van der Waals surface area contributed by atoms with Crippen molar-refractivity contribution in [1.82, 2.24) is 4.90 Å². The van der Waals surface area contributed by atoms with E-state index < -0.39 is 6.68 Å². The highest BCUT2D eigenvalue weighted by molar-refractivity contribution is 6.17. The average Bonchev–Trinajstić information content (AvgIpc) is 3.31. The first kappa shape index (κ1) is 17.5. The third-order valence-electron chi connectivity index (χ3n) is 3.52.